The van der Waals surface area contributed by atoms with Crippen LogP contribution in [-0.2, 0) is 9.59 Å². The predicted molar refractivity (Wildman–Crippen MR) is 97.7 cm³/mol. The zero-order valence-electron chi connectivity index (χ0n) is 15.7. The maximum Gasteiger partial charge on any atom is 0.226 e. The van der Waals surface area contributed by atoms with Gasteiger partial charge in [0.05, 0.1) is 0 Å². The Morgan fingerprint density at radius 3 is 2.28 bits per heavy atom. The highest BCUT2D eigenvalue weighted by molar-refractivity contribution is 5.82. The number of likely N-dealkylation sites (tertiary alicyclic amines) is 1. The van der Waals surface area contributed by atoms with E-state index in [9.17, 15) is 9.59 Å². The molecule has 0 spiro atoms. The van der Waals surface area contributed by atoms with Crippen LogP contribution in [0.15, 0.2) is 12.2 Å². The number of carbonyl (C=O) groups is 2. The number of hydrogen-bond donors (Lipinski definition) is 0. The standard InChI is InChI=1S/C21H32N2O2/c1-14(2)23(13-19-12-15-3-4-18(19)11-15)21(25)17-7-9-22(10-8-17)20(24)16-5-6-16/h3-4,14-19H,5-13H2,1-2H3. The summed E-state index contributed by atoms with van der Waals surface area (Å²) in [5.41, 5.74) is 0. The van der Waals surface area contributed by atoms with Crippen LogP contribution in [0.25, 0.3) is 0 Å². The molecule has 4 heteroatoms. The number of allylic oxidation sites excluding steroid dienone is 2. The molecule has 0 aromatic carbocycles. The SMILES string of the molecule is CC(C)N(CC1CC2C=CC1C2)C(=O)C1CCN(C(=O)C2CC2)CC1. The second-order valence-electron chi connectivity index (χ2n) is 9.00. The lowest BCUT2D eigenvalue weighted by atomic mass is 9.90. The average molecular weight is 344 g/mol. The van der Waals surface area contributed by atoms with Crippen LogP contribution in [0.4, 0.5) is 0 Å². The van der Waals surface area contributed by atoms with Gasteiger partial charge in [-0.05, 0) is 70.1 Å². The summed E-state index contributed by atoms with van der Waals surface area (Å²) < 4.78 is 0. The maximum absolute atomic E-state index is 13.2. The molecule has 138 valence electrons. The van der Waals surface area contributed by atoms with Crippen LogP contribution >= 0.6 is 0 Å². The molecule has 4 aliphatic rings. The molecule has 3 unspecified atom stereocenters. The summed E-state index contributed by atoms with van der Waals surface area (Å²) in [7, 11) is 0. The Labute approximate surface area is 151 Å². The lowest BCUT2D eigenvalue weighted by molar-refractivity contribution is -0.143. The Balaban J connectivity index is 1.33. The van der Waals surface area contributed by atoms with Gasteiger partial charge in [0.2, 0.25) is 11.8 Å². The number of carbonyl (C=O) groups excluding carboxylic acids is 2. The molecule has 0 aromatic heterocycles. The molecule has 1 heterocycles. The van der Waals surface area contributed by atoms with Gasteiger partial charge in [0.25, 0.3) is 0 Å². The van der Waals surface area contributed by atoms with E-state index in [1.165, 1.54) is 12.8 Å². The fourth-order valence-corrected chi connectivity index (χ4v) is 5.08. The van der Waals surface area contributed by atoms with Crippen molar-refractivity contribution < 1.29 is 9.59 Å². The largest absolute Gasteiger partial charge is 0.342 e. The van der Waals surface area contributed by atoms with Crippen LogP contribution in [0.5, 0.6) is 0 Å². The zero-order valence-corrected chi connectivity index (χ0v) is 15.7. The molecule has 0 radical (unpaired) electrons. The minimum absolute atomic E-state index is 0.111. The van der Waals surface area contributed by atoms with Gasteiger partial charge in [-0.15, -0.1) is 0 Å². The Morgan fingerprint density at radius 2 is 1.76 bits per heavy atom. The average Bonchev–Trinajstić information content (AvgIpc) is 3.26. The third-order valence-corrected chi connectivity index (χ3v) is 6.84. The molecular formula is C21H32N2O2. The second-order valence-corrected chi connectivity index (χ2v) is 9.00. The van der Waals surface area contributed by atoms with Gasteiger partial charge in [0.1, 0.15) is 0 Å². The van der Waals surface area contributed by atoms with Crippen molar-refractivity contribution in [1.29, 1.82) is 0 Å². The summed E-state index contributed by atoms with van der Waals surface area (Å²) in [6, 6.07) is 0.265. The van der Waals surface area contributed by atoms with Gasteiger partial charge in [0, 0.05) is 37.5 Å². The molecule has 2 saturated carbocycles. The molecule has 2 amide bonds. The van der Waals surface area contributed by atoms with E-state index in [4.69, 9.17) is 0 Å². The lowest BCUT2D eigenvalue weighted by Gasteiger charge is -2.37. The van der Waals surface area contributed by atoms with E-state index in [0.717, 1.165) is 51.2 Å². The molecule has 0 aromatic rings. The van der Waals surface area contributed by atoms with Gasteiger partial charge in [0.15, 0.2) is 0 Å². The van der Waals surface area contributed by atoms with Crippen molar-refractivity contribution in [2.24, 2.45) is 29.6 Å². The molecule has 4 nitrogen and oxygen atoms in total. The second kappa shape index (κ2) is 6.77. The maximum atomic E-state index is 13.2. The highest BCUT2D eigenvalue weighted by Gasteiger charge is 2.40. The first-order valence-electron chi connectivity index (χ1n) is 10.3. The van der Waals surface area contributed by atoms with Crippen LogP contribution in [0, 0.1) is 29.6 Å². The van der Waals surface area contributed by atoms with Gasteiger partial charge in [-0.25, -0.2) is 0 Å². The smallest absolute Gasteiger partial charge is 0.226 e. The molecule has 3 atom stereocenters. The normalized spacial score (nSPS) is 31.8. The first kappa shape index (κ1) is 17.1. The van der Waals surface area contributed by atoms with E-state index in [-0.39, 0.29) is 12.0 Å². The number of hydrogen-bond acceptors (Lipinski definition) is 2. The summed E-state index contributed by atoms with van der Waals surface area (Å²) in [6.45, 7) is 6.76. The molecule has 1 saturated heterocycles. The van der Waals surface area contributed by atoms with Gasteiger partial charge >= 0.3 is 0 Å². The van der Waals surface area contributed by atoms with E-state index in [1.807, 2.05) is 4.90 Å². The van der Waals surface area contributed by atoms with Crippen LogP contribution in [0.1, 0.15) is 52.4 Å². The van der Waals surface area contributed by atoms with Crippen molar-refractivity contribution in [2.75, 3.05) is 19.6 Å². The summed E-state index contributed by atoms with van der Waals surface area (Å²) in [5.74, 6) is 3.18. The topological polar surface area (TPSA) is 40.6 Å². The lowest BCUT2D eigenvalue weighted by Crippen LogP contribution is -2.48. The van der Waals surface area contributed by atoms with Gasteiger partial charge < -0.3 is 9.80 Å². The number of amides is 2. The zero-order chi connectivity index (χ0) is 17.6. The molecule has 25 heavy (non-hydrogen) atoms. The third-order valence-electron chi connectivity index (χ3n) is 6.84. The molecule has 2 bridgehead atoms. The number of nitrogens with zero attached hydrogens (tertiary/aromatic N) is 2. The van der Waals surface area contributed by atoms with E-state index in [1.54, 1.807) is 0 Å². The van der Waals surface area contributed by atoms with Gasteiger partial charge in [-0.1, -0.05) is 12.2 Å². The van der Waals surface area contributed by atoms with Crippen LogP contribution in [0.2, 0.25) is 0 Å². The van der Waals surface area contributed by atoms with Gasteiger partial charge in [-0.2, -0.15) is 0 Å². The first-order chi connectivity index (χ1) is 12.0. The molecule has 4 rings (SSSR count). The van der Waals surface area contributed by atoms with Gasteiger partial charge in [-0.3, -0.25) is 9.59 Å². The summed E-state index contributed by atoms with van der Waals surface area (Å²) in [4.78, 5) is 29.5. The van der Waals surface area contributed by atoms with Crippen molar-refractivity contribution in [3.8, 4) is 0 Å². The predicted octanol–water partition coefficient (Wildman–Crippen LogP) is 3.08. The minimum Gasteiger partial charge on any atom is -0.342 e. The van der Waals surface area contributed by atoms with Crippen molar-refractivity contribution in [1.82, 2.24) is 9.80 Å². The summed E-state index contributed by atoms with van der Waals surface area (Å²) >= 11 is 0. The van der Waals surface area contributed by atoms with Crippen LogP contribution in [-0.4, -0.2) is 47.3 Å². The number of piperidine rings is 1. The first-order valence-corrected chi connectivity index (χ1v) is 10.3. The van der Waals surface area contributed by atoms with E-state index in [2.05, 4.69) is 30.9 Å². The fourth-order valence-electron chi connectivity index (χ4n) is 5.08. The summed E-state index contributed by atoms with van der Waals surface area (Å²) in [6.07, 6.45) is 11.1. The van der Waals surface area contributed by atoms with Crippen molar-refractivity contribution in [3.05, 3.63) is 12.2 Å². The quantitative estimate of drug-likeness (QED) is 0.719. The number of rotatable bonds is 5. The van der Waals surface area contributed by atoms with Crippen molar-refractivity contribution in [3.63, 3.8) is 0 Å². The highest BCUT2D eigenvalue weighted by atomic mass is 16.2. The van der Waals surface area contributed by atoms with E-state index >= 15 is 0 Å². The van der Waals surface area contributed by atoms with Crippen LogP contribution < -0.4 is 0 Å². The monoisotopic (exact) mass is 344 g/mol. The Hall–Kier alpha value is -1.32. The van der Waals surface area contributed by atoms with E-state index in [0.29, 0.717) is 29.6 Å². The van der Waals surface area contributed by atoms with Crippen molar-refractivity contribution in [2.45, 2.75) is 58.4 Å². The molecule has 1 aliphatic heterocycles. The number of fused-ring (bicyclic) bond motifs is 2. The Morgan fingerprint density at radius 1 is 1.04 bits per heavy atom. The third kappa shape index (κ3) is 3.50. The molecule has 0 N–H and O–H groups in total. The van der Waals surface area contributed by atoms with E-state index < -0.39 is 0 Å². The van der Waals surface area contributed by atoms with Crippen molar-refractivity contribution >= 4 is 11.8 Å². The molecular weight excluding hydrogens is 312 g/mol. The highest BCUT2D eigenvalue weighted by Crippen LogP contribution is 2.44. The van der Waals surface area contributed by atoms with Crippen LogP contribution in [0.3, 0.4) is 0 Å². The minimum atomic E-state index is 0.111. The molecule has 3 fully saturated rings. The summed E-state index contributed by atoms with van der Waals surface area (Å²) in [5, 5.41) is 0. The fraction of sp³-hybridized carbons (Fsp3) is 0.810. The Kier molecular flexibility index (Phi) is 4.63. The molecule has 3 aliphatic carbocycles. The Bertz CT molecular complexity index is 558.